The molecule has 7 heteroatoms. The van der Waals surface area contributed by atoms with Gasteiger partial charge in [-0.2, -0.15) is 0 Å². The molecule has 1 saturated heterocycles. The third-order valence-electron chi connectivity index (χ3n) is 2.98. The van der Waals surface area contributed by atoms with E-state index in [0.717, 1.165) is 19.4 Å². The molecule has 0 spiro atoms. The highest BCUT2D eigenvalue weighted by atomic mass is 16.4. The number of carbonyl (C=O) groups excluding carboxylic acids is 1. The molecule has 0 radical (unpaired) electrons. The summed E-state index contributed by atoms with van der Waals surface area (Å²) in [4.78, 5) is 11.8. The van der Waals surface area contributed by atoms with Crippen molar-refractivity contribution in [3.8, 4) is 0 Å². The first-order valence-corrected chi connectivity index (χ1v) is 6.17. The van der Waals surface area contributed by atoms with Crippen LogP contribution in [0.4, 0.5) is 6.01 Å². The van der Waals surface area contributed by atoms with Crippen molar-refractivity contribution in [3.63, 3.8) is 0 Å². The normalized spacial score (nSPS) is 18.7. The van der Waals surface area contributed by atoms with E-state index < -0.39 is 5.91 Å². The van der Waals surface area contributed by atoms with Crippen molar-refractivity contribution in [2.45, 2.75) is 25.8 Å². The Morgan fingerprint density at radius 1 is 1.42 bits per heavy atom. The number of aryl methyl sites for hydroxylation is 1. The minimum atomic E-state index is -0.400. The molecule has 2 aromatic heterocycles. The molecule has 2 N–H and O–H groups in total. The van der Waals surface area contributed by atoms with Crippen LogP contribution in [0.5, 0.6) is 0 Å². The van der Waals surface area contributed by atoms with E-state index in [1.54, 1.807) is 19.1 Å². The molecule has 1 fully saturated rings. The summed E-state index contributed by atoms with van der Waals surface area (Å²) >= 11 is 0. The Labute approximate surface area is 109 Å². The molecule has 1 amide bonds. The first-order valence-electron chi connectivity index (χ1n) is 6.17. The lowest BCUT2D eigenvalue weighted by Crippen LogP contribution is -2.13. The third kappa shape index (κ3) is 2.50. The molecule has 1 atom stereocenters. The zero-order chi connectivity index (χ0) is 13.2. The Morgan fingerprint density at radius 2 is 2.32 bits per heavy atom. The molecule has 3 heterocycles. The second-order valence-electron chi connectivity index (χ2n) is 4.46. The number of rotatable bonds is 3. The summed E-state index contributed by atoms with van der Waals surface area (Å²) in [6.07, 6.45) is 2.05. The molecule has 1 aliphatic rings. The summed E-state index contributed by atoms with van der Waals surface area (Å²) in [5, 5.41) is 13.5. The van der Waals surface area contributed by atoms with Crippen LogP contribution in [0.15, 0.2) is 21.0 Å². The van der Waals surface area contributed by atoms with Gasteiger partial charge in [-0.3, -0.25) is 10.1 Å². The van der Waals surface area contributed by atoms with Crippen molar-refractivity contribution >= 4 is 11.9 Å². The number of nitrogens with one attached hydrogen (secondary N) is 2. The topological polar surface area (TPSA) is 93.2 Å². The Balaban J connectivity index is 1.68. The maximum Gasteiger partial charge on any atom is 0.322 e. The van der Waals surface area contributed by atoms with Gasteiger partial charge in [0.25, 0.3) is 5.91 Å². The van der Waals surface area contributed by atoms with Crippen LogP contribution < -0.4 is 10.6 Å². The zero-order valence-corrected chi connectivity index (χ0v) is 10.5. The van der Waals surface area contributed by atoms with Crippen molar-refractivity contribution in [1.29, 1.82) is 0 Å². The number of amides is 1. The van der Waals surface area contributed by atoms with Gasteiger partial charge in [0.05, 0.1) is 6.04 Å². The number of aromatic nitrogens is 2. The van der Waals surface area contributed by atoms with E-state index in [1.165, 1.54) is 0 Å². The second kappa shape index (κ2) is 4.85. The first kappa shape index (κ1) is 11.9. The third-order valence-corrected chi connectivity index (χ3v) is 2.98. The number of anilines is 1. The first-order chi connectivity index (χ1) is 9.22. The summed E-state index contributed by atoms with van der Waals surface area (Å²) in [5.74, 6) is 0.994. The molecule has 100 valence electrons. The Kier molecular flexibility index (Phi) is 3.04. The Bertz CT molecular complexity index is 583. The van der Waals surface area contributed by atoms with Gasteiger partial charge < -0.3 is 14.2 Å². The van der Waals surface area contributed by atoms with Gasteiger partial charge in [0, 0.05) is 0 Å². The Morgan fingerprint density at radius 3 is 3.00 bits per heavy atom. The SMILES string of the molecule is Cc1ccc(C(=O)Nc2nnc(C3CCCN3)o2)o1. The maximum absolute atomic E-state index is 11.8. The van der Waals surface area contributed by atoms with Gasteiger partial charge in [-0.25, -0.2) is 0 Å². The van der Waals surface area contributed by atoms with Gasteiger partial charge in [0.2, 0.25) is 5.89 Å². The predicted octanol–water partition coefficient (Wildman–Crippen LogP) is 1.65. The van der Waals surface area contributed by atoms with Crippen LogP contribution in [0.2, 0.25) is 0 Å². The van der Waals surface area contributed by atoms with Crippen LogP contribution in [0.3, 0.4) is 0 Å². The quantitative estimate of drug-likeness (QED) is 0.873. The van der Waals surface area contributed by atoms with E-state index in [9.17, 15) is 4.79 Å². The van der Waals surface area contributed by atoms with E-state index >= 15 is 0 Å². The van der Waals surface area contributed by atoms with Crippen molar-refractivity contribution in [2.75, 3.05) is 11.9 Å². The van der Waals surface area contributed by atoms with Gasteiger partial charge in [-0.1, -0.05) is 5.10 Å². The number of furan rings is 1. The number of hydrogen-bond acceptors (Lipinski definition) is 6. The number of carbonyl (C=O) groups is 1. The molecule has 1 unspecified atom stereocenters. The van der Waals surface area contributed by atoms with Crippen molar-refractivity contribution < 1.29 is 13.6 Å². The smallest absolute Gasteiger partial charge is 0.322 e. The fourth-order valence-electron chi connectivity index (χ4n) is 2.04. The van der Waals surface area contributed by atoms with Gasteiger partial charge >= 0.3 is 6.01 Å². The molecule has 19 heavy (non-hydrogen) atoms. The zero-order valence-electron chi connectivity index (χ0n) is 10.5. The molecule has 0 saturated carbocycles. The molecular formula is C12H14N4O3. The predicted molar refractivity (Wildman–Crippen MR) is 65.7 cm³/mol. The molecule has 2 aromatic rings. The average Bonchev–Trinajstić information content (AvgIpc) is 3.07. The minimum Gasteiger partial charge on any atom is -0.456 e. The molecule has 0 bridgehead atoms. The van der Waals surface area contributed by atoms with Crippen molar-refractivity contribution in [3.05, 3.63) is 29.5 Å². The van der Waals surface area contributed by atoms with E-state index in [2.05, 4.69) is 20.8 Å². The second-order valence-corrected chi connectivity index (χ2v) is 4.46. The lowest BCUT2D eigenvalue weighted by atomic mass is 10.2. The highest BCUT2D eigenvalue weighted by molar-refractivity contribution is 6.00. The van der Waals surface area contributed by atoms with Crippen LogP contribution in [-0.4, -0.2) is 22.6 Å². The molecule has 0 aliphatic carbocycles. The summed E-state index contributed by atoms with van der Waals surface area (Å²) in [6, 6.07) is 3.49. The lowest BCUT2D eigenvalue weighted by Gasteiger charge is -2.02. The highest BCUT2D eigenvalue weighted by Gasteiger charge is 2.23. The van der Waals surface area contributed by atoms with E-state index in [0.29, 0.717) is 11.7 Å². The highest BCUT2D eigenvalue weighted by Crippen LogP contribution is 2.23. The van der Waals surface area contributed by atoms with Crippen LogP contribution in [0, 0.1) is 6.92 Å². The molecule has 0 aromatic carbocycles. The summed E-state index contributed by atoms with van der Waals surface area (Å²) in [7, 11) is 0. The minimum absolute atomic E-state index is 0.0859. The molecule has 3 rings (SSSR count). The number of nitrogens with zero attached hydrogens (tertiary/aromatic N) is 2. The Hall–Kier alpha value is -2.15. The summed E-state index contributed by atoms with van der Waals surface area (Å²) < 4.78 is 10.6. The fraction of sp³-hybridized carbons (Fsp3) is 0.417. The van der Waals surface area contributed by atoms with Gasteiger partial charge in [-0.05, 0) is 38.4 Å². The lowest BCUT2D eigenvalue weighted by molar-refractivity contribution is 0.0992. The van der Waals surface area contributed by atoms with Crippen molar-refractivity contribution in [1.82, 2.24) is 15.5 Å². The monoisotopic (exact) mass is 262 g/mol. The standard InChI is InChI=1S/C12H14N4O3/c1-7-4-5-9(18-7)10(17)14-12-16-15-11(19-12)8-3-2-6-13-8/h4-5,8,13H,2-3,6H2,1H3,(H,14,16,17). The van der Waals surface area contributed by atoms with Gasteiger partial charge in [-0.15, -0.1) is 5.10 Å². The van der Waals surface area contributed by atoms with Crippen molar-refractivity contribution in [2.24, 2.45) is 0 Å². The van der Waals surface area contributed by atoms with Crippen LogP contribution >= 0.6 is 0 Å². The van der Waals surface area contributed by atoms with Crippen LogP contribution in [0.1, 0.15) is 41.1 Å². The molecule has 7 nitrogen and oxygen atoms in total. The van der Waals surface area contributed by atoms with Gasteiger partial charge in [0.15, 0.2) is 5.76 Å². The summed E-state index contributed by atoms with van der Waals surface area (Å²) in [6.45, 7) is 2.72. The average molecular weight is 262 g/mol. The molecular weight excluding hydrogens is 248 g/mol. The fourth-order valence-corrected chi connectivity index (χ4v) is 2.04. The van der Waals surface area contributed by atoms with E-state index in [1.807, 2.05) is 0 Å². The largest absolute Gasteiger partial charge is 0.456 e. The van der Waals surface area contributed by atoms with E-state index in [4.69, 9.17) is 8.83 Å². The number of hydrogen-bond donors (Lipinski definition) is 2. The van der Waals surface area contributed by atoms with E-state index in [-0.39, 0.29) is 17.8 Å². The van der Waals surface area contributed by atoms with Crippen LogP contribution in [-0.2, 0) is 0 Å². The maximum atomic E-state index is 11.8. The van der Waals surface area contributed by atoms with Crippen LogP contribution in [0.25, 0.3) is 0 Å². The van der Waals surface area contributed by atoms with Gasteiger partial charge in [0.1, 0.15) is 5.76 Å². The summed E-state index contributed by atoms with van der Waals surface area (Å²) in [5.41, 5.74) is 0. The molecule has 1 aliphatic heterocycles.